The van der Waals surface area contributed by atoms with Gasteiger partial charge >= 0.3 is 11.7 Å². The quantitative estimate of drug-likeness (QED) is 0.400. The Morgan fingerprint density at radius 1 is 0.944 bits per heavy atom. The van der Waals surface area contributed by atoms with Gasteiger partial charge in [0.1, 0.15) is 5.82 Å². The van der Waals surface area contributed by atoms with Crippen molar-refractivity contribution in [3.63, 3.8) is 0 Å². The fourth-order valence-corrected chi connectivity index (χ4v) is 6.53. The molecule has 0 aromatic heterocycles. The Balaban J connectivity index is 1.75. The van der Waals surface area contributed by atoms with Gasteiger partial charge in [-0.1, -0.05) is 18.6 Å². The van der Waals surface area contributed by atoms with Crippen molar-refractivity contribution in [2.45, 2.75) is 49.2 Å². The van der Waals surface area contributed by atoms with E-state index in [1.54, 1.807) is 0 Å². The third kappa shape index (κ3) is 4.80. The van der Waals surface area contributed by atoms with Crippen LogP contribution in [0.3, 0.4) is 0 Å². The van der Waals surface area contributed by atoms with Crippen LogP contribution in [0, 0.1) is 23.5 Å². The fourth-order valence-electron chi connectivity index (χ4n) is 5.69. The third-order valence-electron chi connectivity index (χ3n) is 7.35. The second-order valence-electron chi connectivity index (χ2n) is 9.38. The molecule has 0 saturated heterocycles. The van der Waals surface area contributed by atoms with E-state index in [1.165, 1.54) is 12.1 Å². The molecule has 0 bridgehead atoms. The van der Waals surface area contributed by atoms with E-state index in [9.17, 15) is 39.2 Å². The third-order valence-corrected chi connectivity index (χ3v) is 8.83. The van der Waals surface area contributed by atoms with Crippen LogP contribution in [-0.4, -0.2) is 26.3 Å². The summed E-state index contributed by atoms with van der Waals surface area (Å²) in [5, 5.41) is 0. The van der Waals surface area contributed by atoms with Gasteiger partial charge in [-0.05, 0) is 61.4 Å². The maximum atomic E-state index is 15.2. The van der Waals surface area contributed by atoms with Crippen LogP contribution in [0.15, 0.2) is 36.4 Å². The Morgan fingerprint density at radius 3 is 2.19 bits per heavy atom. The molecular weight excluding hydrogens is 520 g/mol. The lowest BCUT2D eigenvalue weighted by Crippen LogP contribution is -2.51. The van der Waals surface area contributed by atoms with Gasteiger partial charge in [0.25, 0.3) is 0 Å². The predicted octanol–water partition coefficient (Wildman–Crippen LogP) is 6.60. The molecule has 4 rings (SSSR count). The lowest BCUT2D eigenvalue weighted by molar-refractivity contribution is -0.137. The Bertz CT molecular complexity index is 1220. The van der Waals surface area contributed by atoms with E-state index in [2.05, 4.69) is 0 Å². The number of alkyl halides is 6. The highest BCUT2D eigenvalue weighted by molar-refractivity contribution is 7.92. The molecule has 198 valence electrons. The SMILES string of the molecule is O=S(=O)(CC[C@@H]1CCC[C@@]2(Cc3ccc(C(F)(F)F)cc3)c3c(F)ccc(F)c3OC[C@@H]12)C(F)(F)F. The normalized spacial score (nSPS) is 24.6. The summed E-state index contributed by atoms with van der Waals surface area (Å²) in [6.07, 6.45) is -3.95. The topological polar surface area (TPSA) is 43.4 Å². The van der Waals surface area contributed by atoms with Crippen LogP contribution in [0.2, 0.25) is 0 Å². The van der Waals surface area contributed by atoms with E-state index in [4.69, 9.17) is 4.74 Å². The first-order valence-electron chi connectivity index (χ1n) is 11.2. The fraction of sp³-hybridized carbons (Fsp3) is 0.500. The first-order valence-corrected chi connectivity index (χ1v) is 12.9. The Morgan fingerprint density at radius 2 is 1.58 bits per heavy atom. The van der Waals surface area contributed by atoms with Gasteiger partial charge < -0.3 is 4.74 Å². The van der Waals surface area contributed by atoms with Gasteiger partial charge in [-0.15, -0.1) is 0 Å². The van der Waals surface area contributed by atoms with E-state index in [-0.39, 0.29) is 37.2 Å². The Labute approximate surface area is 202 Å². The summed E-state index contributed by atoms with van der Waals surface area (Å²) < 4.78 is 136. The van der Waals surface area contributed by atoms with Gasteiger partial charge in [0.2, 0.25) is 9.84 Å². The van der Waals surface area contributed by atoms with Crippen molar-refractivity contribution in [2.75, 3.05) is 12.4 Å². The molecule has 3 atom stereocenters. The summed E-state index contributed by atoms with van der Waals surface area (Å²) in [5.74, 6) is -4.43. The molecule has 2 aliphatic rings. The van der Waals surface area contributed by atoms with Gasteiger partial charge in [0.05, 0.1) is 17.9 Å². The zero-order chi connectivity index (χ0) is 26.5. The molecule has 0 spiro atoms. The molecule has 1 fully saturated rings. The largest absolute Gasteiger partial charge is 0.497 e. The van der Waals surface area contributed by atoms with Crippen LogP contribution >= 0.6 is 0 Å². The van der Waals surface area contributed by atoms with Crippen molar-refractivity contribution in [1.29, 1.82) is 0 Å². The highest BCUT2D eigenvalue weighted by Gasteiger charge is 2.53. The average Bonchev–Trinajstić information content (AvgIpc) is 2.78. The average molecular weight is 542 g/mol. The van der Waals surface area contributed by atoms with Crippen molar-refractivity contribution in [1.82, 2.24) is 0 Å². The monoisotopic (exact) mass is 542 g/mol. The van der Waals surface area contributed by atoms with E-state index >= 15 is 4.39 Å². The summed E-state index contributed by atoms with van der Waals surface area (Å²) in [4.78, 5) is 0. The van der Waals surface area contributed by atoms with Crippen molar-refractivity contribution >= 4 is 9.84 Å². The number of hydrogen-bond donors (Lipinski definition) is 0. The number of benzene rings is 2. The van der Waals surface area contributed by atoms with Crippen LogP contribution < -0.4 is 4.74 Å². The Kier molecular flexibility index (Phi) is 6.81. The zero-order valence-electron chi connectivity index (χ0n) is 18.7. The lowest BCUT2D eigenvalue weighted by Gasteiger charge is -2.52. The van der Waals surface area contributed by atoms with Gasteiger partial charge in [0, 0.05) is 16.9 Å². The zero-order valence-corrected chi connectivity index (χ0v) is 19.5. The second-order valence-corrected chi connectivity index (χ2v) is 11.5. The van der Waals surface area contributed by atoms with Crippen molar-refractivity contribution in [3.8, 4) is 5.75 Å². The van der Waals surface area contributed by atoms with Crippen LogP contribution in [0.5, 0.6) is 5.75 Å². The molecule has 0 amide bonds. The maximum Gasteiger partial charge on any atom is 0.497 e. The molecule has 1 aliphatic heterocycles. The second kappa shape index (κ2) is 9.18. The van der Waals surface area contributed by atoms with Crippen LogP contribution in [0.4, 0.5) is 35.1 Å². The minimum Gasteiger partial charge on any atom is -0.490 e. The molecule has 3 nitrogen and oxygen atoms in total. The van der Waals surface area contributed by atoms with Crippen molar-refractivity contribution < 1.29 is 48.3 Å². The molecule has 0 unspecified atom stereocenters. The summed E-state index contributed by atoms with van der Waals surface area (Å²) in [6.45, 7) is -0.190. The van der Waals surface area contributed by atoms with Crippen LogP contribution in [0.25, 0.3) is 0 Å². The van der Waals surface area contributed by atoms with Gasteiger partial charge in [-0.3, -0.25) is 0 Å². The lowest BCUT2D eigenvalue weighted by atomic mass is 9.55. The number of hydrogen-bond acceptors (Lipinski definition) is 3. The molecule has 36 heavy (non-hydrogen) atoms. The number of fused-ring (bicyclic) bond motifs is 3. The van der Waals surface area contributed by atoms with Gasteiger partial charge in [-0.25, -0.2) is 17.2 Å². The highest BCUT2D eigenvalue weighted by Crippen LogP contribution is 2.56. The van der Waals surface area contributed by atoms with Crippen LogP contribution in [0.1, 0.15) is 42.4 Å². The summed E-state index contributed by atoms with van der Waals surface area (Å²) in [5.41, 5.74) is -7.22. The van der Waals surface area contributed by atoms with Crippen LogP contribution in [-0.2, 0) is 27.8 Å². The first-order chi connectivity index (χ1) is 16.7. The highest BCUT2D eigenvalue weighted by atomic mass is 32.2. The number of halogens is 8. The molecular formula is C24H22F8O3S. The molecule has 2 aromatic carbocycles. The van der Waals surface area contributed by atoms with E-state index < -0.39 is 61.7 Å². The van der Waals surface area contributed by atoms with Crippen molar-refractivity contribution in [3.05, 3.63) is 64.7 Å². The molecule has 2 aromatic rings. The standard InChI is InChI=1S/C24H22F8O3S/c25-18-7-8-19(26)21-20(18)22(12-14-3-5-16(6-4-14)23(27,28)29)10-1-2-15(17(22)13-35-21)9-11-36(33,34)24(30,31)32/h3-8,15,17H,1-2,9-13H2/t15-,17-,22-/m0/s1. The first kappa shape index (κ1) is 26.7. The molecule has 12 heteroatoms. The summed E-state index contributed by atoms with van der Waals surface area (Å²) in [6, 6.07) is 6.01. The smallest absolute Gasteiger partial charge is 0.490 e. The van der Waals surface area contributed by atoms with Crippen molar-refractivity contribution in [2.24, 2.45) is 11.8 Å². The minimum atomic E-state index is -5.41. The van der Waals surface area contributed by atoms with Gasteiger partial charge in [0.15, 0.2) is 11.6 Å². The van der Waals surface area contributed by atoms with Gasteiger partial charge in [-0.2, -0.15) is 26.3 Å². The number of rotatable bonds is 5. The Hall–Kier alpha value is -2.37. The van der Waals surface area contributed by atoms with E-state index in [0.29, 0.717) is 18.4 Å². The summed E-state index contributed by atoms with van der Waals surface area (Å²) in [7, 11) is -5.39. The number of ether oxygens (including phenoxy) is 1. The molecule has 1 saturated carbocycles. The van der Waals surface area contributed by atoms with E-state index in [0.717, 1.165) is 24.3 Å². The van der Waals surface area contributed by atoms with E-state index in [1.807, 2.05) is 0 Å². The number of sulfone groups is 1. The molecule has 0 radical (unpaired) electrons. The minimum absolute atomic E-state index is 0.0188. The molecule has 1 heterocycles. The predicted molar refractivity (Wildman–Crippen MR) is 114 cm³/mol. The molecule has 1 aliphatic carbocycles. The molecule has 0 N–H and O–H groups in total. The summed E-state index contributed by atoms with van der Waals surface area (Å²) >= 11 is 0. The maximum absolute atomic E-state index is 15.2.